The summed E-state index contributed by atoms with van der Waals surface area (Å²) in [5.74, 6) is -1.62. The lowest BCUT2D eigenvalue weighted by molar-refractivity contribution is -0.271. The van der Waals surface area contributed by atoms with Gasteiger partial charge in [-0.25, -0.2) is 4.79 Å². The van der Waals surface area contributed by atoms with Gasteiger partial charge >= 0.3 is 5.97 Å². The Morgan fingerprint density at radius 2 is 1.52 bits per heavy atom. The smallest absolute Gasteiger partial charge is 0.335 e. The Morgan fingerprint density at radius 3 is 2.19 bits per heavy atom. The van der Waals surface area contributed by atoms with Gasteiger partial charge in [0.05, 0.1) is 0 Å². The summed E-state index contributed by atoms with van der Waals surface area (Å²) in [6, 6.07) is 14.6. The quantitative estimate of drug-likeness (QED) is 0.545. The summed E-state index contributed by atoms with van der Waals surface area (Å²) in [5.41, 5.74) is 0.799. The topological polar surface area (TPSA) is 134 Å². The number of aliphatic carboxylic acids is 1. The van der Waals surface area contributed by atoms with Crippen LogP contribution in [0.15, 0.2) is 54.6 Å². The molecule has 3 rings (SSSR count). The van der Waals surface area contributed by atoms with Crippen LogP contribution in [-0.2, 0) is 9.53 Å². The van der Waals surface area contributed by atoms with Crippen LogP contribution in [0.3, 0.4) is 0 Å². The van der Waals surface area contributed by atoms with Gasteiger partial charge in [-0.05, 0) is 12.1 Å². The predicted molar refractivity (Wildman–Crippen MR) is 91.3 cm³/mol. The van der Waals surface area contributed by atoms with Crippen LogP contribution < -0.4 is 4.74 Å². The van der Waals surface area contributed by atoms with Crippen LogP contribution in [0.2, 0.25) is 0 Å². The molecule has 0 aliphatic carbocycles. The van der Waals surface area contributed by atoms with Gasteiger partial charge in [0.2, 0.25) is 6.29 Å². The van der Waals surface area contributed by atoms with Crippen LogP contribution >= 0.6 is 0 Å². The van der Waals surface area contributed by atoms with Gasteiger partial charge in [0, 0.05) is 11.1 Å². The third-order valence-electron chi connectivity index (χ3n) is 4.20. The summed E-state index contributed by atoms with van der Waals surface area (Å²) in [4.78, 5) is 23.6. The lowest BCUT2D eigenvalue weighted by Gasteiger charge is -2.38. The highest BCUT2D eigenvalue weighted by atomic mass is 16.7. The molecule has 0 bridgehead atoms. The van der Waals surface area contributed by atoms with Crippen molar-refractivity contribution in [3.05, 3.63) is 65.7 Å². The van der Waals surface area contributed by atoms with Crippen LogP contribution in [0.4, 0.5) is 0 Å². The molecule has 8 heteroatoms. The number of hydrogen-bond donors (Lipinski definition) is 4. The maximum absolute atomic E-state index is 12.5. The minimum absolute atomic E-state index is 0.133. The van der Waals surface area contributed by atoms with Gasteiger partial charge in [-0.15, -0.1) is 0 Å². The molecule has 2 aromatic carbocycles. The monoisotopic (exact) mass is 374 g/mol. The largest absolute Gasteiger partial charge is 0.479 e. The van der Waals surface area contributed by atoms with Crippen molar-refractivity contribution in [1.82, 2.24) is 0 Å². The number of ether oxygens (including phenoxy) is 2. The van der Waals surface area contributed by atoms with Crippen LogP contribution in [0.25, 0.3) is 0 Å². The van der Waals surface area contributed by atoms with Gasteiger partial charge in [-0.3, -0.25) is 4.79 Å². The second kappa shape index (κ2) is 7.85. The van der Waals surface area contributed by atoms with E-state index in [9.17, 15) is 24.9 Å². The maximum atomic E-state index is 12.5. The molecule has 27 heavy (non-hydrogen) atoms. The molecule has 1 fully saturated rings. The summed E-state index contributed by atoms with van der Waals surface area (Å²) in [6.45, 7) is 0. The summed E-state index contributed by atoms with van der Waals surface area (Å²) in [7, 11) is 0. The summed E-state index contributed by atoms with van der Waals surface area (Å²) < 4.78 is 10.5. The fraction of sp³-hybridized carbons (Fsp3) is 0.263. The lowest BCUT2D eigenvalue weighted by Crippen LogP contribution is -2.61. The Labute approximate surface area is 154 Å². The zero-order valence-electron chi connectivity index (χ0n) is 14.0. The van der Waals surface area contributed by atoms with E-state index >= 15 is 0 Å². The molecule has 0 spiro atoms. The Kier molecular flexibility index (Phi) is 5.52. The number of carboxylic acid groups (broad SMARTS) is 1. The first kappa shape index (κ1) is 19.0. The van der Waals surface area contributed by atoms with E-state index in [0.29, 0.717) is 11.1 Å². The Bertz CT molecular complexity index is 821. The number of rotatable bonds is 5. The molecule has 1 saturated heterocycles. The number of aliphatic hydroxyl groups excluding tert-OH is 3. The molecule has 0 amide bonds. The first-order valence-electron chi connectivity index (χ1n) is 8.17. The Morgan fingerprint density at radius 1 is 0.852 bits per heavy atom. The number of carboxylic acids is 1. The first-order chi connectivity index (χ1) is 12.9. The molecular weight excluding hydrogens is 356 g/mol. The van der Waals surface area contributed by atoms with Crippen molar-refractivity contribution in [2.45, 2.75) is 30.7 Å². The molecule has 2 aromatic rings. The van der Waals surface area contributed by atoms with Gasteiger partial charge in [-0.1, -0.05) is 42.5 Å². The maximum Gasteiger partial charge on any atom is 0.335 e. The minimum atomic E-state index is -1.80. The van der Waals surface area contributed by atoms with E-state index in [1.54, 1.807) is 42.5 Å². The van der Waals surface area contributed by atoms with Crippen LogP contribution in [0.5, 0.6) is 5.75 Å². The van der Waals surface area contributed by atoms with E-state index in [-0.39, 0.29) is 11.5 Å². The third kappa shape index (κ3) is 3.99. The number of carbonyl (C=O) groups excluding carboxylic acids is 1. The molecule has 0 saturated carbocycles. The molecule has 8 nitrogen and oxygen atoms in total. The highest BCUT2D eigenvalue weighted by Crippen LogP contribution is 2.25. The van der Waals surface area contributed by atoms with E-state index in [1.807, 2.05) is 0 Å². The molecule has 142 valence electrons. The zero-order valence-corrected chi connectivity index (χ0v) is 14.0. The lowest BCUT2D eigenvalue weighted by atomic mass is 9.99. The van der Waals surface area contributed by atoms with Gasteiger partial charge in [0.1, 0.15) is 24.1 Å². The van der Waals surface area contributed by atoms with Crippen molar-refractivity contribution in [1.29, 1.82) is 0 Å². The number of carbonyl (C=O) groups is 2. The normalized spacial score (nSPS) is 27.7. The van der Waals surface area contributed by atoms with Crippen LogP contribution in [-0.4, -0.2) is 62.9 Å². The van der Waals surface area contributed by atoms with Crippen LogP contribution in [0.1, 0.15) is 15.9 Å². The van der Waals surface area contributed by atoms with Crippen molar-refractivity contribution in [3.63, 3.8) is 0 Å². The molecule has 3 unspecified atom stereocenters. The number of aliphatic hydroxyl groups is 3. The predicted octanol–water partition coefficient (Wildman–Crippen LogP) is 0.189. The van der Waals surface area contributed by atoms with Gasteiger partial charge < -0.3 is 29.9 Å². The highest BCUT2D eigenvalue weighted by molar-refractivity contribution is 6.09. The second-order valence-corrected chi connectivity index (χ2v) is 6.08. The Hall–Kier alpha value is -2.78. The van der Waals surface area contributed by atoms with Crippen molar-refractivity contribution in [3.8, 4) is 5.75 Å². The highest BCUT2D eigenvalue weighted by Gasteiger charge is 2.48. The summed E-state index contributed by atoms with van der Waals surface area (Å²) >= 11 is 0. The molecule has 0 radical (unpaired) electrons. The number of hydrogen-bond acceptors (Lipinski definition) is 7. The van der Waals surface area contributed by atoms with Crippen molar-refractivity contribution >= 4 is 11.8 Å². The fourth-order valence-electron chi connectivity index (χ4n) is 2.75. The average Bonchev–Trinajstić information content (AvgIpc) is 2.68. The Balaban J connectivity index is 1.79. The minimum Gasteiger partial charge on any atom is -0.479 e. The summed E-state index contributed by atoms with van der Waals surface area (Å²) in [5, 5.41) is 38.6. The molecule has 4 N–H and O–H groups in total. The number of ketones is 1. The molecule has 1 heterocycles. The van der Waals surface area contributed by atoms with Gasteiger partial charge in [0.15, 0.2) is 11.9 Å². The molecule has 1 aliphatic heterocycles. The molecule has 0 aromatic heterocycles. The SMILES string of the molecule is O=C(c1ccccc1)c1cccc(O[C@@H]2OC(C(=O)O)[C@@H](O)C(O)C2O)c1. The second-order valence-electron chi connectivity index (χ2n) is 6.08. The van der Waals surface area contributed by atoms with E-state index in [4.69, 9.17) is 14.6 Å². The molecule has 5 atom stereocenters. The van der Waals surface area contributed by atoms with Crippen LogP contribution in [0, 0.1) is 0 Å². The van der Waals surface area contributed by atoms with E-state index in [1.165, 1.54) is 12.1 Å². The van der Waals surface area contributed by atoms with Crippen molar-refractivity contribution in [2.75, 3.05) is 0 Å². The van der Waals surface area contributed by atoms with Crippen molar-refractivity contribution < 1.29 is 39.5 Å². The molecular formula is C19H18O8. The molecule has 1 aliphatic rings. The van der Waals surface area contributed by atoms with Gasteiger partial charge in [0.25, 0.3) is 0 Å². The standard InChI is InChI=1S/C19H18O8/c20-13(10-5-2-1-3-6-10)11-7-4-8-12(9-11)26-19-16(23)14(21)15(22)17(27-19)18(24)25/h1-9,14-17,19,21-23H,(H,24,25)/t14?,15-,16?,17?,19+/m0/s1. The van der Waals surface area contributed by atoms with Gasteiger partial charge in [-0.2, -0.15) is 0 Å². The fourth-order valence-corrected chi connectivity index (χ4v) is 2.75. The van der Waals surface area contributed by atoms with E-state index in [0.717, 1.165) is 0 Å². The summed E-state index contributed by atoms with van der Waals surface area (Å²) in [6.07, 6.45) is -8.54. The first-order valence-corrected chi connectivity index (χ1v) is 8.17. The number of benzene rings is 2. The van der Waals surface area contributed by atoms with E-state index < -0.39 is 36.7 Å². The zero-order chi connectivity index (χ0) is 19.6. The average molecular weight is 374 g/mol. The van der Waals surface area contributed by atoms with Crippen molar-refractivity contribution in [2.24, 2.45) is 0 Å². The third-order valence-corrected chi connectivity index (χ3v) is 4.20. The van der Waals surface area contributed by atoms with E-state index in [2.05, 4.69) is 0 Å².